The molecule has 0 aromatic carbocycles. The van der Waals surface area contributed by atoms with Gasteiger partial charge in [-0.15, -0.1) is 0 Å². The fourth-order valence-electron chi connectivity index (χ4n) is 2.07. The topological polar surface area (TPSA) is 75.4 Å². The van der Waals surface area contributed by atoms with Crippen molar-refractivity contribution < 1.29 is 14.3 Å². The summed E-state index contributed by atoms with van der Waals surface area (Å²) in [4.78, 5) is 14.6. The predicted molar refractivity (Wildman–Crippen MR) is 52.8 cm³/mol. The zero-order chi connectivity index (χ0) is 10.8. The van der Waals surface area contributed by atoms with Crippen LogP contribution in [0.25, 0.3) is 0 Å². The van der Waals surface area contributed by atoms with Gasteiger partial charge < -0.3 is 14.8 Å². The van der Waals surface area contributed by atoms with E-state index in [1.807, 2.05) is 6.92 Å². The maximum atomic E-state index is 10.5. The summed E-state index contributed by atoms with van der Waals surface area (Å²) >= 11 is 0. The van der Waals surface area contributed by atoms with Crippen LogP contribution in [0.4, 0.5) is 4.79 Å². The zero-order valence-corrected chi connectivity index (χ0v) is 8.56. The summed E-state index contributed by atoms with van der Waals surface area (Å²) in [6.07, 6.45) is 3.33. The lowest BCUT2D eigenvalue weighted by Crippen LogP contribution is -2.31. The lowest BCUT2D eigenvalue weighted by atomic mass is 10.1. The largest absolute Gasteiger partial charge is 0.465 e. The summed E-state index contributed by atoms with van der Waals surface area (Å²) in [5.41, 5.74) is 0. The maximum absolute atomic E-state index is 10.5. The molecule has 1 aromatic rings. The van der Waals surface area contributed by atoms with E-state index in [0.717, 1.165) is 30.9 Å². The number of rotatable bonds is 2. The number of aromatic nitrogens is 1. The van der Waals surface area contributed by atoms with E-state index in [0.29, 0.717) is 0 Å². The number of oxazole rings is 1. The number of amides is 1. The highest BCUT2D eigenvalue weighted by Gasteiger charge is 2.29. The summed E-state index contributed by atoms with van der Waals surface area (Å²) in [7, 11) is 0. The quantitative estimate of drug-likeness (QED) is 0.781. The van der Waals surface area contributed by atoms with Crippen LogP contribution < -0.4 is 5.32 Å². The fourth-order valence-corrected chi connectivity index (χ4v) is 2.07. The van der Waals surface area contributed by atoms with E-state index in [1.165, 1.54) is 0 Å². The van der Waals surface area contributed by atoms with Crippen LogP contribution in [0, 0.1) is 6.92 Å². The van der Waals surface area contributed by atoms with Crippen molar-refractivity contribution in [3.8, 4) is 0 Å². The highest BCUT2D eigenvalue weighted by atomic mass is 16.4. The van der Waals surface area contributed by atoms with Crippen molar-refractivity contribution >= 4 is 6.09 Å². The number of carboxylic acid groups (broad SMARTS) is 1. The van der Waals surface area contributed by atoms with Crippen LogP contribution >= 0.6 is 0 Å². The Morgan fingerprint density at radius 1 is 1.67 bits per heavy atom. The smallest absolute Gasteiger partial charge is 0.404 e. The van der Waals surface area contributed by atoms with Crippen LogP contribution in [0.15, 0.2) is 10.6 Å². The molecule has 82 valence electrons. The van der Waals surface area contributed by atoms with Crippen molar-refractivity contribution in [2.75, 3.05) is 0 Å². The molecule has 1 aromatic heterocycles. The van der Waals surface area contributed by atoms with Crippen LogP contribution in [-0.2, 0) is 0 Å². The third-order valence-corrected chi connectivity index (χ3v) is 2.75. The number of aryl methyl sites for hydroxylation is 1. The van der Waals surface area contributed by atoms with E-state index in [2.05, 4.69) is 10.3 Å². The number of nitrogens with zero attached hydrogens (tertiary/aromatic N) is 1. The first-order chi connectivity index (χ1) is 7.15. The molecule has 1 saturated carbocycles. The van der Waals surface area contributed by atoms with Gasteiger partial charge in [0.05, 0.1) is 6.20 Å². The Morgan fingerprint density at radius 3 is 3.07 bits per heavy atom. The molecule has 2 N–H and O–H groups in total. The van der Waals surface area contributed by atoms with Gasteiger partial charge in [0.25, 0.3) is 0 Å². The molecular weight excluding hydrogens is 196 g/mol. The Balaban J connectivity index is 1.95. The van der Waals surface area contributed by atoms with Crippen molar-refractivity contribution in [3.63, 3.8) is 0 Å². The molecule has 0 saturated heterocycles. The van der Waals surface area contributed by atoms with Crippen LogP contribution in [0.5, 0.6) is 0 Å². The van der Waals surface area contributed by atoms with E-state index in [4.69, 9.17) is 9.52 Å². The van der Waals surface area contributed by atoms with Gasteiger partial charge in [0.15, 0.2) is 5.89 Å². The SMILES string of the molecule is Cc1cnc([C@@H]2CC[C@H](NC(=O)O)C2)o1. The molecule has 0 radical (unpaired) electrons. The zero-order valence-electron chi connectivity index (χ0n) is 8.56. The van der Waals surface area contributed by atoms with Gasteiger partial charge in [-0.1, -0.05) is 0 Å². The molecule has 1 fully saturated rings. The van der Waals surface area contributed by atoms with Crippen LogP contribution in [0.2, 0.25) is 0 Å². The Hall–Kier alpha value is -1.52. The Bertz CT molecular complexity index is 361. The first kappa shape index (κ1) is 10.0. The second-order valence-corrected chi connectivity index (χ2v) is 3.97. The molecular formula is C10H14N2O3. The molecule has 1 heterocycles. The normalized spacial score (nSPS) is 25.4. The van der Waals surface area contributed by atoms with E-state index in [-0.39, 0.29) is 12.0 Å². The molecule has 5 heteroatoms. The molecule has 0 unspecified atom stereocenters. The minimum atomic E-state index is -0.954. The first-order valence-corrected chi connectivity index (χ1v) is 5.07. The highest BCUT2D eigenvalue weighted by molar-refractivity contribution is 5.64. The minimum absolute atomic E-state index is 0.0414. The maximum Gasteiger partial charge on any atom is 0.404 e. The number of hydrogen-bond donors (Lipinski definition) is 2. The van der Waals surface area contributed by atoms with Gasteiger partial charge in [-0.25, -0.2) is 9.78 Å². The minimum Gasteiger partial charge on any atom is -0.465 e. The molecule has 2 atom stereocenters. The second kappa shape index (κ2) is 3.92. The van der Waals surface area contributed by atoms with Gasteiger partial charge in [0.1, 0.15) is 5.76 Å². The lowest BCUT2D eigenvalue weighted by Gasteiger charge is -2.08. The van der Waals surface area contributed by atoms with Gasteiger partial charge in [-0.3, -0.25) is 0 Å². The van der Waals surface area contributed by atoms with Crippen molar-refractivity contribution in [1.29, 1.82) is 0 Å². The Morgan fingerprint density at radius 2 is 2.47 bits per heavy atom. The third-order valence-electron chi connectivity index (χ3n) is 2.75. The van der Waals surface area contributed by atoms with Crippen molar-refractivity contribution in [2.24, 2.45) is 0 Å². The van der Waals surface area contributed by atoms with Gasteiger partial charge in [0.2, 0.25) is 0 Å². The molecule has 0 bridgehead atoms. The Kier molecular flexibility index (Phi) is 2.62. The van der Waals surface area contributed by atoms with Crippen molar-refractivity contribution in [1.82, 2.24) is 10.3 Å². The molecule has 2 rings (SSSR count). The number of nitrogens with one attached hydrogen (secondary N) is 1. The summed E-state index contributed by atoms with van der Waals surface area (Å²) in [5.74, 6) is 1.80. The van der Waals surface area contributed by atoms with Crippen LogP contribution in [-0.4, -0.2) is 22.2 Å². The first-order valence-electron chi connectivity index (χ1n) is 5.07. The standard InChI is InChI=1S/C10H14N2O3/c1-6-5-11-9(15-6)7-2-3-8(4-7)12-10(13)14/h5,7-8,12H,2-4H2,1H3,(H,13,14)/t7-,8+/m1/s1. The summed E-state index contributed by atoms with van der Waals surface area (Å²) < 4.78 is 5.43. The van der Waals surface area contributed by atoms with E-state index in [1.54, 1.807) is 6.20 Å². The average Bonchev–Trinajstić information content (AvgIpc) is 2.72. The Labute approximate surface area is 87.5 Å². The van der Waals surface area contributed by atoms with Crippen LogP contribution in [0.3, 0.4) is 0 Å². The number of carbonyl (C=O) groups is 1. The molecule has 15 heavy (non-hydrogen) atoms. The van der Waals surface area contributed by atoms with E-state index >= 15 is 0 Å². The fraction of sp³-hybridized carbons (Fsp3) is 0.600. The predicted octanol–water partition coefficient (Wildman–Crippen LogP) is 1.89. The average molecular weight is 210 g/mol. The van der Waals surface area contributed by atoms with Gasteiger partial charge in [-0.2, -0.15) is 0 Å². The second-order valence-electron chi connectivity index (χ2n) is 3.97. The highest BCUT2D eigenvalue weighted by Crippen LogP contribution is 2.33. The summed E-state index contributed by atoms with van der Waals surface area (Å²) in [5, 5.41) is 11.1. The molecule has 1 aliphatic carbocycles. The van der Waals surface area contributed by atoms with Crippen LogP contribution in [0.1, 0.15) is 36.8 Å². The third kappa shape index (κ3) is 2.29. The van der Waals surface area contributed by atoms with E-state index in [9.17, 15) is 4.79 Å². The van der Waals surface area contributed by atoms with Gasteiger partial charge in [-0.05, 0) is 26.2 Å². The van der Waals surface area contributed by atoms with E-state index < -0.39 is 6.09 Å². The lowest BCUT2D eigenvalue weighted by molar-refractivity contribution is 0.190. The summed E-state index contributed by atoms with van der Waals surface area (Å²) in [6, 6.07) is 0.0414. The van der Waals surface area contributed by atoms with Crippen molar-refractivity contribution in [3.05, 3.63) is 17.8 Å². The summed E-state index contributed by atoms with van der Waals surface area (Å²) in [6.45, 7) is 1.86. The van der Waals surface area contributed by atoms with Crippen molar-refractivity contribution in [2.45, 2.75) is 38.1 Å². The molecule has 0 spiro atoms. The van der Waals surface area contributed by atoms with Gasteiger partial charge >= 0.3 is 6.09 Å². The van der Waals surface area contributed by atoms with Gasteiger partial charge in [0, 0.05) is 12.0 Å². The number of hydrogen-bond acceptors (Lipinski definition) is 3. The molecule has 1 aliphatic rings. The monoisotopic (exact) mass is 210 g/mol. The molecule has 0 aliphatic heterocycles. The molecule has 5 nitrogen and oxygen atoms in total. The molecule has 1 amide bonds.